The van der Waals surface area contributed by atoms with Crippen LogP contribution in [0.25, 0.3) is 10.9 Å². The normalized spacial score (nSPS) is 12.8. The second kappa shape index (κ2) is 8.26. The molecule has 0 aliphatic heterocycles. The third kappa shape index (κ3) is 4.67. The fourth-order valence-electron chi connectivity index (χ4n) is 2.47. The second-order valence-electron chi connectivity index (χ2n) is 5.43. The number of nitrogens with one attached hydrogen (secondary N) is 1. The molecule has 2 rings (SSSR count). The molecule has 8 heteroatoms. The molecule has 0 fully saturated rings. The summed E-state index contributed by atoms with van der Waals surface area (Å²) in [6.07, 6.45) is 1.54. The van der Waals surface area contributed by atoms with E-state index in [0.717, 1.165) is 0 Å². The van der Waals surface area contributed by atoms with Crippen molar-refractivity contribution in [1.29, 1.82) is 0 Å². The minimum absolute atomic E-state index is 0.0414. The molecule has 1 heterocycles. The predicted molar refractivity (Wildman–Crippen MR) is 93.9 cm³/mol. The van der Waals surface area contributed by atoms with Gasteiger partial charge >= 0.3 is 5.97 Å². The van der Waals surface area contributed by atoms with E-state index in [1.165, 1.54) is 6.07 Å². The molecule has 1 unspecified atom stereocenters. The van der Waals surface area contributed by atoms with Crippen molar-refractivity contribution < 1.29 is 22.7 Å². The van der Waals surface area contributed by atoms with Gasteiger partial charge in [0.05, 0.1) is 24.5 Å². The Hall–Kier alpha value is -2.19. The van der Waals surface area contributed by atoms with Crippen molar-refractivity contribution in [1.82, 2.24) is 9.71 Å². The Balaban J connectivity index is 2.33. The van der Waals surface area contributed by atoms with E-state index in [1.54, 1.807) is 38.2 Å². The lowest BCUT2D eigenvalue weighted by Gasteiger charge is -2.15. The maximum atomic E-state index is 12.7. The number of carbonyl (C=O) groups is 1. The van der Waals surface area contributed by atoms with Crippen LogP contribution in [0.15, 0.2) is 35.4 Å². The summed E-state index contributed by atoms with van der Waals surface area (Å²) in [5.74, 6) is 0.0764. The SMILES string of the molecule is CCOC(=O)CC(C)NS(=O)(=O)c1ccc(OCC)c2ncccc12. The molecular formula is C17H22N2O5S. The standard InChI is InChI=1S/C17H22N2O5S/c1-4-23-14-8-9-15(13-7-6-10-18-17(13)14)25(21,22)19-12(3)11-16(20)24-5-2/h6-10,12,19H,4-5,11H2,1-3H3. The quantitative estimate of drug-likeness (QED) is 0.720. The Morgan fingerprint density at radius 1 is 1.24 bits per heavy atom. The summed E-state index contributed by atoms with van der Waals surface area (Å²) in [6, 6.07) is 5.81. The third-order valence-electron chi connectivity index (χ3n) is 3.42. The van der Waals surface area contributed by atoms with E-state index in [4.69, 9.17) is 9.47 Å². The summed E-state index contributed by atoms with van der Waals surface area (Å²) in [6.45, 7) is 5.87. The maximum absolute atomic E-state index is 12.7. The first kappa shape index (κ1) is 19.1. The van der Waals surface area contributed by atoms with Gasteiger partial charge in [-0.2, -0.15) is 0 Å². The number of hydrogen-bond donors (Lipinski definition) is 1. The molecule has 0 amide bonds. The van der Waals surface area contributed by atoms with Crippen LogP contribution in [0.2, 0.25) is 0 Å². The highest BCUT2D eigenvalue weighted by Gasteiger charge is 2.23. The highest BCUT2D eigenvalue weighted by molar-refractivity contribution is 7.89. The lowest BCUT2D eigenvalue weighted by Crippen LogP contribution is -2.34. The molecule has 0 aliphatic rings. The van der Waals surface area contributed by atoms with Gasteiger partial charge in [-0.15, -0.1) is 0 Å². The van der Waals surface area contributed by atoms with Gasteiger partial charge in [0.1, 0.15) is 11.3 Å². The lowest BCUT2D eigenvalue weighted by atomic mass is 10.2. The average Bonchev–Trinajstić information content (AvgIpc) is 2.54. The largest absolute Gasteiger partial charge is 0.492 e. The number of carbonyl (C=O) groups excluding carboxylic acids is 1. The van der Waals surface area contributed by atoms with Crippen LogP contribution in [0, 0.1) is 0 Å². The highest BCUT2D eigenvalue weighted by Crippen LogP contribution is 2.29. The van der Waals surface area contributed by atoms with E-state index < -0.39 is 22.0 Å². The fourth-order valence-corrected chi connectivity index (χ4v) is 3.91. The molecule has 1 atom stereocenters. The van der Waals surface area contributed by atoms with E-state index in [-0.39, 0.29) is 17.9 Å². The molecular weight excluding hydrogens is 344 g/mol. The topological polar surface area (TPSA) is 94.6 Å². The molecule has 1 N–H and O–H groups in total. The molecule has 136 valence electrons. The molecule has 7 nitrogen and oxygen atoms in total. The number of nitrogens with zero attached hydrogens (tertiary/aromatic N) is 1. The Kier molecular flexibility index (Phi) is 6.33. The zero-order valence-electron chi connectivity index (χ0n) is 14.5. The summed E-state index contributed by atoms with van der Waals surface area (Å²) in [4.78, 5) is 15.8. The van der Waals surface area contributed by atoms with Gasteiger partial charge in [-0.05, 0) is 45.0 Å². The van der Waals surface area contributed by atoms with Crippen molar-refractivity contribution in [2.24, 2.45) is 0 Å². The minimum Gasteiger partial charge on any atom is -0.492 e. The summed E-state index contributed by atoms with van der Waals surface area (Å²) in [5.41, 5.74) is 0.477. The van der Waals surface area contributed by atoms with Crippen LogP contribution in [0.1, 0.15) is 27.2 Å². The van der Waals surface area contributed by atoms with Crippen molar-refractivity contribution in [2.75, 3.05) is 13.2 Å². The number of ether oxygens (including phenoxy) is 2. The van der Waals surface area contributed by atoms with Gasteiger partial charge in [0.15, 0.2) is 0 Å². The molecule has 0 saturated carbocycles. The van der Waals surface area contributed by atoms with Gasteiger partial charge < -0.3 is 9.47 Å². The van der Waals surface area contributed by atoms with E-state index in [9.17, 15) is 13.2 Å². The molecule has 0 aliphatic carbocycles. The van der Waals surface area contributed by atoms with E-state index >= 15 is 0 Å². The number of aromatic nitrogens is 1. The molecule has 25 heavy (non-hydrogen) atoms. The Morgan fingerprint density at radius 2 is 2.00 bits per heavy atom. The van der Waals surface area contributed by atoms with Crippen LogP contribution in [0.5, 0.6) is 5.75 Å². The molecule has 0 spiro atoms. The first-order valence-corrected chi connectivity index (χ1v) is 9.55. The minimum atomic E-state index is -3.83. The van der Waals surface area contributed by atoms with Gasteiger partial charge in [0.2, 0.25) is 10.0 Å². The van der Waals surface area contributed by atoms with Gasteiger partial charge in [-0.3, -0.25) is 9.78 Å². The van der Waals surface area contributed by atoms with Crippen LogP contribution in [0.3, 0.4) is 0 Å². The van der Waals surface area contributed by atoms with E-state index in [0.29, 0.717) is 23.3 Å². The van der Waals surface area contributed by atoms with Gasteiger partial charge in [-0.25, -0.2) is 13.1 Å². The highest BCUT2D eigenvalue weighted by atomic mass is 32.2. The van der Waals surface area contributed by atoms with Crippen molar-refractivity contribution in [3.63, 3.8) is 0 Å². The molecule has 2 aromatic rings. The molecule has 0 bridgehead atoms. The van der Waals surface area contributed by atoms with Crippen molar-refractivity contribution in [3.8, 4) is 5.75 Å². The second-order valence-corrected chi connectivity index (χ2v) is 7.11. The summed E-state index contributed by atoms with van der Waals surface area (Å²) >= 11 is 0. The number of sulfonamides is 1. The summed E-state index contributed by atoms with van der Waals surface area (Å²) in [7, 11) is -3.83. The fraction of sp³-hybridized carbons (Fsp3) is 0.412. The number of benzene rings is 1. The van der Waals surface area contributed by atoms with Crippen LogP contribution in [-0.4, -0.2) is 38.6 Å². The lowest BCUT2D eigenvalue weighted by molar-refractivity contribution is -0.143. The van der Waals surface area contributed by atoms with E-state index in [1.807, 2.05) is 6.92 Å². The number of pyridine rings is 1. The maximum Gasteiger partial charge on any atom is 0.307 e. The molecule has 1 aromatic carbocycles. The monoisotopic (exact) mass is 366 g/mol. The first-order chi connectivity index (χ1) is 11.9. The Labute approximate surface area is 147 Å². The molecule has 0 radical (unpaired) electrons. The van der Waals surface area contributed by atoms with Gasteiger partial charge in [0, 0.05) is 17.6 Å². The number of fused-ring (bicyclic) bond motifs is 1. The Bertz CT molecular complexity index is 851. The third-order valence-corrected chi connectivity index (χ3v) is 5.06. The number of esters is 1. The summed E-state index contributed by atoms with van der Waals surface area (Å²) < 4.78 is 38.3. The van der Waals surface area contributed by atoms with Crippen LogP contribution < -0.4 is 9.46 Å². The van der Waals surface area contributed by atoms with Gasteiger partial charge in [0.25, 0.3) is 0 Å². The first-order valence-electron chi connectivity index (χ1n) is 8.07. The van der Waals surface area contributed by atoms with Crippen molar-refractivity contribution in [3.05, 3.63) is 30.5 Å². The smallest absolute Gasteiger partial charge is 0.307 e. The molecule has 1 aromatic heterocycles. The Morgan fingerprint density at radius 3 is 2.68 bits per heavy atom. The zero-order valence-corrected chi connectivity index (χ0v) is 15.3. The van der Waals surface area contributed by atoms with Crippen LogP contribution >= 0.6 is 0 Å². The van der Waals surface area contributed by atoms with Crippen LogP contribution in [-0.2, 0) is 19.6 Å². The van der Waals surface area contributed by atoms with E-state index in [2.05, 4.69) is 9.71 Å². The van der Waals surface area contributed by atoms with Crippen molar-refractivity contribution >= 4 is 26.9 Å². The average molecular weight is 366 g/mol. The zero-order chi connectivity index (χ0) is 18.4. The number of rotatable bonds is 8. The predicted octanol–water partition coefficient (Wildman–Crippen LogP) is 2.25. The summed E-state index contributed by atoms with van der Waals surface area (Å²) in [5, 5.41) is 0.462. The van der Waals surface area contributed by atoms with Crippen LogP contribution in [0.4, 0.5) is 0 Å². The van der Waals surface area contributed by atoms with Gasteiger partial charge in [-0.1, -0.05) is 0 Å². The molecule has 0 saturated heterocycles. The van der Waals surface area contributed by atoms with Crippen molar-refractivity contribution in [2.45, 2.75) is 38.1 Å². The number of hydrogen-bond acceptors (Lipinski definition) is 6.